The Morgan fingerprint density at radius 3 is 2.65 bits per heavy atom. The Morgan fingerprint density at radius 1 is 1.10 bits per heavy atom. The highest BCUT2D eigenvalue weighted by Crippen LogP contribution is 2.36. The summed E-state index contributed by atoms with van der Waals surface area (Å²) in [6.07, 6.45) is 3.71. The third kappa shape index (κ3) is 2.73. The maximum atomic E-state index is 12.9. The van der Waals surface area contributed by atoms with E-state index < -0.39 is 6.29 Å². The van der Waals surface area contributed by atoms with Gasteiger partial charge in [-0.15, -0.1) is 0 Å². The number of fused-ring (bicyclic) bond motifs is 1. The molecule has 102 valence electrons. The Bertz CT molecular complexity index is 619. The van der Waals surface area contributed by atoms with Crippen LogP contribution in [0.15, 0.2) is 54.6 Å². The zero-order valence-electron chi connectivity index (χ0n) is 10.9. The number of aliphatic hydroxyl groups excluding tert-OH is 1. The first-order valence-electron chi connectivity index (χ1n) is 6.60. The number of halogens is 1. The summed E-state index contributed by atoms with van der Waals surface area (Å²) in [6.45, 7) is 0. The second kappa shape index (κ2) is 5.47. The number of hydrogen-bond acceptors (Lipinski definition) is 2. The van der Waals surface area contributed by atoms with Gasteiger partial charge >= 0.3 is 0 Å². The molecule has 0 fully saturated rings. The van der Waals surface area contributed by atoms with E-state index in [2.05, 4.69) is 0 Å². The predicted octanol–water partition coefficient (Wildman–Crippen LogP) is 3.72. The highest BCUT2D eigenvalue weighted by molar-refractivity contribution is 5.52. The molecule has 2 aromatic rings. The summed E-state index contributed by atoms with van der Waals surface area (Å²) in [7, 11) is 0. The van der Waals surface area contributed by atoms with Crippen molar-refractivity contribution in [3.63, 3.8) is 0 Å². The molecule has 0 bridgehead atoms. The van der Waals surface area contributed by atoms with E-state index in [0.717, 1.165) is 16.9 Å². The zero-order valence-corrected chi connectivity index (χ0v) is 10.9. The van der Waals surface area contributed by atoms with Crippen LogP contribution in [0.1, 0.15) is 23.5 Å². The lowest BCUT2D eigenvalue weighted by molar-refractivity contribution is -0.0353. The maximum Gasteiger partial charge on any atom is 0.198 e. The summed E-state index contributed by atoms with van der Waals surface area (Å²) < 4.78 is 18.3. The van der Waals surface area contributed by atoms with Crippen LogP contribution in [0.5, 0.6) is 5.75 Å². The van der Waals surface area contributed by atoms with Gasteiger partial charge in [-0.05, 0) is 23.8 Å². The molecular weight excluding hydrogens is 255 g/mol. The molecule has 0 aromatic heterocycles. The normalized spacial score (nSPS) is 21.5. The molecule has 1 N–H and O–H groups in total. The first-order valence-corrected chi connectivity index (χ1v) is 6.60. The van der Waals surface area contributed by atoms with Crippen LogP contribution in [0.4, 0.5) is 4.39 Å². The van der Waals surface area contributed by atoms with Gasteiger partial charge in [-0.3, -0.25) is 0 Å². The van der Waals surface area contributed by atoms with Crippen LogP contribution in [0.25, 0.3) is 6.08 Å². The molecule has 0 saturated carbocycles. The molecule has 2 atom stereocenters. The number of ether oxygens (including phenoxy) is 1. The fourth-order valence-electron chi connectivity index (χ4n) is 2.42. The Kier molecular flexibility index (Phi) is 3.52. The lowest BCUT2D eigenvalue weighted by Crippen LogP contribution is -2.24. The van der Waals surface area contributed by atoms with Gasteiger partial charge in [0.15, 0.2) is 6.29 Å². The summed E-state index contributed by atoms with van der Waals surface area (Å²) in [6, 6.07) is 14.0. The average Bonchev–Trinajstić information content (AvgIpc) is 2.46. The lowest BCUT2D eigenvalue weighted by atomic mass is 9.91. The molecule has 2 nitrogen and oxygen atoms in total. The van der Waals surface area contributed by atoms with E-state index >= 15 is 0 Å². The van der Waals surface area contributed by atoms with Crippen molar-refractivity contribution in [2.24, 2.45) is 0 Å². The quantitative estimate of drug-likeness (QED) is 0.901. The van der Waals surface area contributed by atoms with Crippen LogP contribution < -0.4 is 4.74 Å². The number of hydrogen-bond donors (Lipinski definition) is 1. The molecule has 0 spiro atoms. The molecule has 0 aliphatic carbocycles. The summed E-state index contributed by atoms with van der Waals surface area (Å²) >= 11 is 0. The fourth-order valence-corrected chi connectivity index (χ4v) is 2.42. The zero-order chi connectivity index (χ0) is 13.9. The Balaban J connectivity index is 1.85. The molecule has 0 saturated heterocycles. The summed E-state index contributed by atoms with van der Waals surface area (Å²) in [5, 5.41) is 9.75. The van der Waals surface area contributed by atoms with Crippen molar-refractivity contribution in [3.05, 3.63) is 71.6 Å². The lowest BCUT2D eigenvalue weighted by Gasteiger charge is -2.27. The van der Waals surface area contributed by atoms with E-state index in [0.29, 0.717) is 6.42 Å². The Hall–Kier alpha value is -2.13. The molecule has 1 heterocycles. The minimum absolute atomic E-state index is 0.0972. The van der Waals surface area contributed by atoms with Crippen LogP contribution in [0.2, 0.25) is 0 Å². The third-order valence-electron chi connectivity index (χ3n) is 3.43. The molecule has 0 amide bonds. The topological polar surface area (TPSA) is 29.5 Å². The smallest absolute Gasteiger partial charge is 0.198 e. The average molecular weight is 270 g/mol. The number of rotatable bonds is 2. The van der Waals surface area contributed by atoms with Crippen molar-refractivity contribution in [2.75, 3.05) is 0 Å². The van der Waals surface area contributed by atoms with Crippen molar-refractivity contribution in [2.45, 2.75) is 18.6 Å². The molecule has 3 heteroatoms. The molecule has 3 rings (SSSR count). The maximum absolute atomic E-state index is 12.9. The molecule has 20 heavy (non-hydrogen) atoms. The van der Waals surface area contributed by atoms with E-state index in [9.17, 15) is 9.50 Å². The van der Waals surface area contributed by atoms with Crippen LogP contribution in [0.3, 0.4) is 0 Å². The van der Waals surface area contributed by atoms with E-state index in [1.165, 1.54) is 12.1 Å². The monoisotopic (exact) mass is 270 g/mol. The van der Waals surface area contributed by atoms with E-state index in [4.69, 9.17) is 4.74 Å². The molecule has 0 radical (unpaired) electrons. The highest BCUT2D eigenvalue weighted by Gasteiger charge is 2.24. The Labute approximate surface area is 117 Å². The molecule has 1 aliphatic heterocycles. The van der Waals surface area contributed by atoms with E-state index in [1.54, 1.807) is 12.1 Å². The van der Waals surface area contributed by atoms with Crippen LogP contribution in [-0.4, -0.2) is 11.4 Å². The van der Waals surface area contributed by atoms with Crippen LogP contribution in [-0.2, 0) is 0 Å². The van der Waals surface area contributed by atoms with Gasteiger partial charge < -0.3 is 9.84 Å². The largest absolute Gasteiger partial charge is 0.465 e. The molecule has 2 aromatic carbocycles. The van der Waals surface area contributed by atoms with Gasteiger partial charge in [0.05, 0.1) is 0 Å². The van der Waals surface area contributed by atoms with Crippen molar-refractivity contribution >= 4 is 6.08 Å². The molecular formula is C17H15FO2. The SMILES string of the molecule is O[C@H]1C[C@H](/C=C/c2ccc(F)cc2)c2ccccc2O1. The van der Waals surface area contributed by atoms with E-state index in [1.807, 2.05) is 36.4 Å². The fraction of sp³-hybridized carbons (Fsp3) is 0.176. The number of para-hydroxylation sites is 1. The number of aliphatic hydroxyl groups is 1. The summed E-state index contributed by atoms with van der Waals surface area (Å²) in [5.74, 6) is 0.578. The number of allylic oxidation sites excluding steroid dienone is 1. The van der Waals surface area contributed by atoms with Gasteiger partial charge in [0, 0.05) is 17.9 Å². The van der Waals surface area contributed by atoms with E-state index in [-0.39, 0.29) is 11.7 Å². The van der Waals surface area contributed by atoms with Gasteiger partial charge in [0.2, 0.25) is 0 Å². The second-order valence-electron chi connectivity index (χ2n) is 4.86. The third-order valence-corrected chi connectivity index (χ3v) is 3.43. The predicted molar refractivity (Wildman–Crippen MR) is 75.9 cm³/mol. The van der Waals surface area contributed by atoms with Crippen LogP contribution >= 0.6 is 0 Å². The van der Waals surface area contributed by atoms with Crippen LogP contribution in [0, 0.1) is 5.82 Å². The molecule has 1 aliphatic rings. The van der Waals surface area contributed by atoms with Gasteiger partial charge in [0.1, 0.15) is 11.6 Å². The highest BCUT2D eigenvalue weighted by atomic mass is 19.1. The minimum Gasteiger partial charge on any atom is -0.465 e. The minimum atomic E-state index is -0.784. The van der Waals surface area contributed by atoms with Crippen molar-refractivity contribution < 1.29 is 14.2 Å². The molecule has 0 unspecified atom stereocenters. The van der Waals surface area contributed by atoms with Crippen molar-refractivity contribution in [1.82, 2.24) is 0 Å². The van der Waals surface area contributed by atoms with Gasteiger partial charge in [-0.2, -0.15) is 0 Å². The summed E-state index contributed by atoms with van der Waals surface area (Å²) in [4.78, 5) is 0. The summed E-state index contributed by atoms with van der Waals surface area (Å²) in [5.41, 5.74) is 2.00. The first-order chi connectivity index (χ1) is 9.72. The second-order valence-corrected chi connectivity index (χ2v) is 4.86. The van der Waals surface area contributed by atoms with Crippen molar-refractivity contribution in [1.29, 1.82) is 0 Å². The first kappa shape index (κ1) is 12.9. The van der Waals surface area contributed by atoms with Crippen molar-refractivity contribution in [3.8, 4) is 5.75 Å². The van der Waals surface area contributed by atoms with Gasteiger partial charge in [-0.25, -0.2) is 4.39 Å². The number of benzene rings is 2. The van der Waals surface area contributed by atoms with Gasteiger partial charge in [-0.1, -0.05) is 42.5 Å². The Morgan fingerprint density at radius 2 is 1.85 bits per heavy atom. The van der Waals surface area contributed by atoms with Gasteiger partial charge in [0.25, 0.3) is 0 Å². The standard InChI is InChI=1S/C17H15FO2/c18-14-9-6-12(7-10-14)5-8-13-11-17(19)20-16-4-2-1-3-15(13)16/h1-10,13,17,19H,11H2/b8-5+/t13-,17+/m0/s1.